The highest BCUT2D eigenvalue weighted by Gasteiger charge is 2.24. The Bertz CT molecular complexity index is 1160. The number of pyridine rings is 1. The molecule has 1 aliphatic heterocycles. The zero-order valence-electron chi connectivity index (χ0n) is 19.7. The summed E-state index contributed by atoms with van der Waals surface area (Å²) in [4.78, 5) is 28.9. The summed E-state index contributed by atoms with van der Waals surface area (Å²) < 4.78 is 6.76. The minimum atomic E-state index is -0.159. The smallest absolute Gasteiger partial charge is 0.262 e. The van der Waals surface area contributed by atoms with Gasteiger partial charge in [-0.05, 0) is 63.4 Å². The Labute approximate surface area is 195 Å². The minimum Gasteiger partial charge on any atom is -0.497 e. The van der Waals surface area contributed by atoms with Crippen LogP contribution < -0.4 is 15.6 Å². The summed E-state index contributed by atoms with van der Waals surface area (Å²) in [6.45, 7) is 6.17. The standard InChI is InChI=1S/C27H33N3O3/c1-19-8-6-9-20(2)29(19)17-7-16-28-26(31)25-18-30(21-12-14-22(33-3)15-13-21)27(32)24-11-5-4-10-23(24)25/h4-5,10-15,18-20H,6-9,16-17H2,1-3H3,(H,28,31)/t19-,20-/m1/s1. The maximum atomic E-state index is 13.2. The Kier molecular flexibility index (Phi) is 7.14. The number of nitrogens with zero attached hydrogens (tertiary/aromatic N) is 2. The molecule has 1 saturated heterocycles. The number of fused-ring (bicyclic) bond motifs is 1. The number of rotatable bonds is 7. The molecular weight excluding hydrogens is 414 g/mol. The first-order valence-electron chi connectivity index (χ1n) is 11.8. The maximum absolute atomic E-state index is 13.2. The summed E-state index contributed by atoms with van der Waals surface area (Å²) >= 11 is 0. The van der Waals surface area contributed by atoms with Gasteiger partial charge in [0.05, 0.1) is 12.7 Å². The molecule has 1 aromatic heterocycles. The number of hydrogen-bond donors (Lipinski definition) is 1. The van der Waals surface area contributed by atoms with E-state index in [1.54, 1.807) is 31.5 Å². The van der Waals surface area contributed by atoms with E-state index in [1.807, 2.05) is 30.3 Å². The van der Waals surface area contributed by atoms with Crippen LogP contribution in [0.5, 0.6) is 5.75 Å². The predicted molar refractivity (Wildman–Crippen MR) is 133 cm³/mol. The summed E-state index contributed by atoms with van der Waals surface area (Å²) in [5, 5.41) is 4.27. The summed E-state index contributed by atoms with van der Waals surface area (Å²) in [5.41, 5.74) is 1.04. The molecule has 3 aromatic rings. The molecule has 0 radical (unpaired) electrons. The van der Waals surface area contributed by atoms with Crippen molar-refractivity contribution >= 4 is 16.7 Å². The molecule has 0 bridgehead atoms. The number of methoxy groups -OCH3 is 1. The molecule has 1 fully saturated rings. The van der Waals surface area contributed by atoms with Gasteiger partial charge in [0.25, 0.3) is 11.5 Å². The van der Waals surface area contributed by atoms with Crippen LogP contribution in [-0.4, -0.2) is 47.7 Å². The summed E-state index contributed by atoms with van der Waals surface area (Å²) in [5.74, 6) is 0.552. The number of ether oxygens (including phenoxy) is 1. The van der Waals surface area contributed by atoms with Gasteiger partial charge < -0.3 is 10.1 Å². The molecule has 0 saturated carbocycles. The quantitative estimate of drug-likeness (QED) is 0.546. The molecule has 2 heterocycles. The van der Waals surface area contributed by atoms with E-state index in [-0.39, 0.29) is 11.5 Å². The zero-order chi connectivity index (χ0) is 23.4. The van der Waals surface area contributed by atoms with Crippen molar-refractivity contribution < 1.29 is 9.53 Å². The third kappa shape index (κ3) is 4.96. The van der Waals surface area contributed by atoms with Crippen LogP contribution in [0.2, 0.25) is 0 Å². The second kappa shape index (κ2) is 10.2. The SMILES string of the molecule is COc1ccc(-n2cc(C(=O)NCCCN3[C@H](C)CCC[C@H]3C)c3ccccc3c2=O)cc1. The van der Waals surface area contributed by atoms with Crippen LogP contribution in [0, 0.1) is 0 Å². The van der Waals surface area contributed by atoms with Crippen molar-refractivity contribution in [1.82, 2.24) is 14.8 Å². The van der Waals surface area contributed by atoms with Gasteiger partial charge in [-0.25, -0.2) is 0 Å². The molecule has 1 amide bonds. The highest BCUT2D eigenvalue weighted by molar-refractivity contribution is 6.06. The monoisotopic (exact) mass is 447 g/mol. The molecule has 0 unspecified atom stereocenters. The van der Waals surface area contributed by atoms with Gasteiger partial charge in [-0.15, -0.1) is 0 Å². The van der Waals surface area contributed by atoms with Gasteiger partial charge in [0.15, 0.2) is 0 Å². The predicted octanol–water partition coefficient (Wildman–Crippen LogP) is 4.38. The number of hydrogen-bond acceptors (Lipinski definition) is 4. The summed E-state index contributed by atoms with van der Waals surface area (Å²) in [7, 11) is 1.60. The third-order valence-electron chi connectivity index (χ3n) is 6.77. The molecule has 0 spiro atoms. The fourth-order valence-corrected chi connectivity index (χ4v) is 4.88. The lowest BCUT2D eigenvalue weighted by atomic mass is 9.97. The maximum Gasteiger partial charge on any atom is 0.262 e. The van der Waals surface area contributed by atoms with Gasteiger partial charge in [0, 0.05) is 47.8 Å². The van der Waals surface area contributed by atoms with Gasteiger partial charge in [0.2, 0.25) is 0 Å². The zero-order valence-corrected chi connectivity index (χ0v) is 19.7. The van der Waals surface area contributed by atoms with Crippen LogP contribution in [0.3, 0.4) is 0 Å². The van der Waals surface area contributed by atoms with E-state index in [0.717, 1.165) is 13.0 Å². The van der Waals surface area contributed by atoms with Crippen LogP contribution >= 0.6 is 0 Å². The van der Waals surface area contributed by atoms with E-state index in [9.17, 15) is 9.59 Å². The normalized spacial score (nSPS) is 18.9. The topological polar surface area (TPSA) is 63.6 Å². The lowest BCUT2D eigenvalue weighted by Crippen LogP contribution is -2.44. The van der Waals surface area contributed by atoms with Crippen molar-refractivity contribution in [2.24, 2.45) is 0 Å². The minimum absolute atomic E-state index is 0.152. The average Bonchev–Trinajstić information content (AvgIpc) is 2.83. The van der Waals surface area contributed by atoms with Crippen molar-refractivity contribution in [3.63, 3.8) is 0 Å². The number of likely N-dealkylation sites (tertiary alicyclic amines) is 1. The number of amides is 1. The second-order valence-corrected chi connectivity index (χ2v) is 8.94. The molecule has 6 heteroatoms. The molecule has 4 rings (SSSR count). The lowest BCUT2D eigenvalue weighted by Gasteiger charge is -2.39. The molecule has 0 aliphatic carbocycles. The van der Waals surface area contributed by atoms with E-state index < -0.39 is 0 Å². The highest BCUT2D eigenvalue weighted by atomic mass is 16.5. The summed E-state index contributed by atoms with van der Waals surface area (Å²) in [6.07, 6.45) is 6.34. The van der Waals surface area contributed by atoms with Crippen molar-refractivity contribution in [2.75, 3.05) is 20.2 Å². The Morgan fingerprint density at radius 1 is 1.03 bits per heavy atom. The van der Waals surface area contributed by atoms with Crippen molar-refractivity contribution in [3.8, 4) is 11.4 Å². The molecule has 1 aliphatic rings. The second-order valence-electron chi connectivity index (χ2n) is 8.94. The van der Waals surface area contributed by atoms with Crippen molar-refractivity contribution in [1.29, 1.82) is 0 Å². The van der Waals surface area contributed by atoms with Crippen LogP contribution in [-0.2, 0) is 0 Å². The van der Waals surface area contributed by atoms with Gasteiger partial charge >= 0.3 is 0 Å². The number of nitrogens with one attached hydrogen (secondary N) is 1. The fraction of sp³-hybridized carbons (Fsp3) is 0.407. The van der Waals surface area contributed by atoms with Crippen LogP contribution in [0.25, 0.3) is 16.5 Å². The molecule has 2 atom stereocenters. The number of benzene rings is 2. The summed E-state index contributed by atoms with van der Waals surface area (Å²) in [6, 6.07) is 15.7. The molecule has 33 heavy (non-hydrogen) atoms. The van der Waals surface area contributed by atoms with E-state index >= 15 is 0 Å². The largest absolute Gasteiger partial charge is 0.497 e. The average molecular weight is 448 g/mol. The first kappa shape index (κ1) is 23.1. The van der Waals surface area contributed by atoms with Gasteiger partial charge in [0.1, 0.15) is 5.75 Å². The third-order valence-corrected chi connectivity index (χ3v) is 6.77. The van der Waals surface area contributed by atoms with E-state index in [0.29, 0.717) is 46.4 Å². The van der Waals surface area contributed by atoms with Gasteiger partial charge in [-0.3, -0.25) is 19.1 Å². The molecule has 2 aromatic carbocycles. The number of aromatic nitrogens is 1. The molecule has 1 N–H and O–H groups in total. The fourth-order valence-electron chi connectivity index (χ4n) is 4.88. The number of carbonyl (C=O) groups excluding carboxylic acids is 1. The van der Waals surface area contributed by atoms with E-state index in [2.05, 4.69) is 24.1 Å². The first-order valence-corrected chi connectivity index (χ1v) is 11.8. The first-order chi connectivity index (χ1) is 16.0. The Morgan fingerprint density at radius 2 is 1.70 bits per heavy atom. The lowest BCUT2D eigenvalue weighted by molar-refractivity contribution is 0.0926. The van der Waals surface area contributed by atoms with E-state index in [4.69, 9.17) is 4.74 Å². The Balaban J connectivity index is 1.54. The highest BCUT2D eigenvalue weighted by Crippen LogP contribution is 2.22. The molecule has 6 nitrogen and oxygen atoms in total. The number of carbonyl (C=O) groups is 1. The van der Waals surface area contributed by atoms with Crippen LogP contribution in [0.1, 0.15) is 49.9 Å². The Morgan fingerprint density at radius 3 is 2.36 bits per heavy atom. The molecular formula is C27H33N3O3. The van der Waals surface area contributed by atoms with Gasteiger partial charge in [-0.2, -0.15) is 0 Å². The van der Waals surface area contributed by atoms with Crippen LogP contribution in [0.4, 0.5) is 0 Å². The Hall–Kier alpha value is -3.12. The van der Waals surface area contributed by atoms with Gasteiger partial charge in [-0.1, -0.05) is 24.6 Å². The molecule has 174 valence electrons. The van der Waals surface area contributed by atoms with Crippen molar-refractivity contribution in [3.05, 3.63) is 70.6 Å². The van der Waals surface area contributed by atoms with Crippen molar-refractivity contribution in [2.45, 2.75) is 51.6 Å². The number of piperidine rings is 1. The van der Waals surface area contributed by atoms with Crippen LogP contribution in [0.15, 0.2) is 59.5 Å². The van der Waals surface area contributed by atoms with E-state index in [1.165, 1.54) is 23.8 Å².